The summed E-state index contributed by atoms with van der Waals surface area (Å²) in [5.74, 6) is 0. The monoisotopic (exact) mass is 267 g/mol. The molecule has 0 aromatic carbocycles. The molecule has 17 heavy (non-hydrogen) atoms. The molecular weight excluding hydrogens is 241 g/mol. The van der Waals surface area contributed by atoms with Crippen molar-refractivity contribution in [3.8, 4) is 0 Å². The fourth-order valence-electron chi connectivity index (χ4n) is 1.75. The Morgan fingerprint density at radius 3 is 1.59 bits per heavy atom. The van der Waals surface area contributed by atoms with Gasteiger partial charge in [0.2, 0.25) is 0 Å². The largest absolute Gasteiger partial charge is 1.00 e. The molecule has 0 bridgehead atoms. The molecular formula is C13H26LiNS2. The second kappa shape index (κ2) is 14.8. The molecule has 0 unspecified atom stereocenters. The molecule has 0 radical (unpaired) electrons. The summed E-state index contributed by atoms with van der Waals surface area (Å²) in [4.78, 5) is 2.20. The van der Waals surface area contributed by atoms with Crippen LogP contribution in [0.25, 0.3) is 0 Å². The second-order valence-electron chi connectivity index (χ2n) is 4.37. The van der Waals surface area contributed by atoms with Gasteiger partial charge in [0, 0.05) is 13.1 Å². The van der Waals surface area contributed by atoms with Crippen LogP contribution in [0.3, 0.4) is 0 Å². The molecule has 0 saturated carbocycles. The van der Waals surface area contributed by atoms with E-state index in [1.165, 1.54) is 51.4 Å². The van der Waals surface area contributed by atoms with Gasteiger partial charge in [-0.1, -0.05) is 56.7 Å². The van der Waals surface area contributed by atoms with Crippen molar-refractivity contribution < 1.29 is 18.9 Å². The van der Waals surface area contributed by atoms with E-state index >= 15 is 0 Å². The van der Waals surface area contributed by atoms with E-state index in [-0.39, 0.29) is 18.9 Å². The molecule has 1 nitrogen and oxygen atoms in total. The zero-order valence-corrected chi connectivity index (χ0v) is 13.5. The van der Waals surface area contributed by atoms with E-state index < -0.39 is 0 Å². The normalized spacial score (nSPS) is 9.76. The van der Waals surface area contributed by atoms with Crippen LogP contribution in [-0.2, 0) is 12.6 Å². The van der Waals surface area contributed by atoms with Gasteiger partial charge in [-0.25, -0.2) is 0 Å². The maximum absolute atomic E-state index is 5.11. The first-order valence-electron chi connectivity index (χ1n) is 6.68. The number of rotatable bonds is 10. The third-order valence-electron chi connectivity index (χ3n) is 2.82. The maximum Gasteiger partial charge on any atom is 1.00 e. The van der Waals surface area contributed by atoms with Crippen molar-refractivity contribution in [2.75, 3.05) is 13.1 Å². The molecule has 0 spiro atoms. The molecule has 0 aliphatic rings. The third kappa shape index (κ3) is 12.9. The Morgan fingerprint density at radius 1 is 0.882 bits per heavy atom. The standard InChI is InChI=1S/C13H27NS2.Li/c1-3-5-7-9-11-14(13(15)16)12-10-8-6-4-2;/h3-12H2,1-2H3,(H,15,16);/q;+1/p-1. The first kappa shape index (κ1) is 20.0. The van der Waals surface area contributed by atoms with Gasteiger partial charge >= 0.3 is 18.9 Å². The van der Waals surface area contributed by atoms with Crippen LogP contribution >= 0.6 is 12.2 Å². The molecule has 0 aliphatic carbocycles. The maximum atomic E-state index is 5.11. The number of unbranched alkanes of at least 4 members (excludes halogenated alkanes) is 6. The van der Waals surface area contributed by atoms with Crippen LogP contribution in [0.15, 0.2) is 0 Å². The topological polar surface area (TPSA) is 3.24 Å². The molecule has 0 fully saturated rings. The van der Waals surface area contributed by atoms with Crippen molar-refractivity contribution in [2.24, 2.45) is 0 Å². The van der Waals surface area contributed by atoms with E-state index in [9.17, 15) is 0 Å². The Labute approximate surface area is 131 Å². The second-order valence-corrected chi connectivity index (χ2v) is 5.41. The predicted molar refractivity (Wildman–Crippen MR) is 79.8 cm³/mol. The van der Waals surface area contributed by atoms with Gasteiger partial charge in [-0.2, -0.15) is 0 Å². The van der Waals surface area contributed by atoms with Gasteiger partial charge in [-0.3, -0.25) is 0 Å². The molecule has 0 heterocycles. The van der Waals surface area contributed by atoms with Crippen LogP contribution < -0.4 is 18.9 Å². The number of thiocarbonyl (C=S) groups is 1. The smallest absolute Gasteiger partial charge is 0.411 e. The van der Waals surface area contributed by atoms with Gasteiger partial charge in [-0.15, -0.1) is 0 Å². The number of hydrogen-bond acceptors (Lipinski definition) is 2. The van der Waals surface area contributed by atoms with Crippen LogP contribution in [0.2, 0.25) is 0 Å². The Bertz CT molecular complexity index is 165. The molecule has 0 aromatic heterocycles. The summed E-state index contributed by atoms with van der Waals surface area (Å²) in [7, 11) is 0. The number of hydrogen-bond donors (Lipinski definition) is 0. The minimum absolute atomic E-state index is 0. The summed E-state index contributed by atoms with van der Waals surface area (Å²) < 4.78 is 0.660. The van der Waals surface area contributed by atoms with Crippen LogP contribution in [0, 0.1) is 0 Å². The first-order chi connectivity index (χ1) is 7.72. The van der Waals surface area contributed by atoms with Crippen molar-refractivity contribution in [2.45, 2.75) is 65.2 Å². The summed E-state index contributed by atoms with van der Waals surface area (Å²) in [6.07, 6.45) is 10.3. The minimum Gasteiger partial charge on any atom is -0.411 e. The van der Waals surface area contributed by atoms with E-state index in [1.807, 2.05) is 0 Å². The fraction of sp³-hybridized carbons (Fsp3) is 0.923. The van der Waals surface area contributed by atoms with Gasteiger partial charge in [-0.05, 0) is 12.8 Å². The summed E-state index contributed by atoms with van der Waals surface area (Å²) in [5.41, 5.74) is 0. The summed E-state index contributed by atoms with van der Waals surface area (Å²) in [5, 5.41) is 0. The predicted octanol–water partition coefficient (Wildman–Crippen LogP) is 1.28. The van der Waals surface area contributed by atoms with Crippen molar-refractivity contribution >= 4 is 29.2 Å². The Kier molecular flexibility index (Phi) is 17.4. The summed E-state index contributed by atoms with van der Waals surface area (Å²) >= 11 is 10.2. The fourth-order valence-corrected chi connectivity index (χ4v) is 2.12. The molecule has 0 atom stereocenters. The molecule has 0 aromatic rings. The Hall–Kier alpha value is 0.707. The third-order valence-corrected chi connectivity index (χ3v) is 3.34. The summed E-state index contributed by atoms with van der Waals surface area (Å²) in [6, 6.07) is 0. The van der Waals surface area contributed by atoms with Crippen LogP contribution in [-0.4, -0.2) is 22.3 Å². The quantitative estimate of drug-likeness (QED) is 0.254. The molecule has 0 N–H and O–H groups in total. The van der Waals surface area contributed by atoms with Crippen LogP contribution in [0.5, 0.6) is 0 Å². The molecule has 0 amide bonds. The van der Waals surface area contributed by atoms with E-state index in [0.29, 0.717) is 4.32 Å². The molecule has 0 saturated heterocycles. The Balaban J connectivity index is 0. The van der Waals surface area contributed by atoms with Gasteiger partial charge in [0.15, 0.2) is 0 Å². The average molecular weight is 267 g/mol. The molecule has 4 heteroatoms. The zero-order valence-electron chi connectivity index (χ0n) is 11.8. The first-order valence-corrected chi connectivity index (χ1v) is 7.50. The molecule has 0 rings (SSSR count). The average Bonchev–Trinajstić information content (AvgIpc) is 2.26. The van der Waals surface area contributed by atoms with Crippen molar-refractivity contribution in [1.82, 2.24) is 4.90 Å². The van der Waals surface area contributed by atoms with E-state index in [0.717, 1.165) is 13.1 Å². The zero-order chi connectivity index (χ0) is 12.2. The van der Waals surface area contributed by atoms with Gasteiger partial charge in [0.1, 0.15) is 0 Å². The van der Waals surface area contributed by atoms with E-state index in [2.05, 4.69) is 18.7 Å². The van der Waals surface area contributed by atoms with E-state index in [4.69, 9.17) is 24.8 Å². The van der Waals surface area contributed by atoms with Gasteiger partial charge in [0.25, 0.3) is 0 Å². The Morgan fingerprint density at radius 2 is 1.29 bits per heavy atom. The molecule has 0 aliphatic heterocycles. The van der Waals surface area contributed by atoms with Crippen LogP contribution in [0.1, 0.15) is 65.2 Å². The van der Waals surface area contributed by atoms with Crippen molar-refractivity contribution in [3.05, 3.63) is 0 Å². The van der Waals surface area contributed by atoms with E-state index in [1.54, 1.807) is 0 Å². The number of nitrogens with zero attached hydrogens (tertiary/aromatic N) is 1. The summed E-state index contributed by atoms with van der Waals surface area (Å²) in [6.45, 7) is 6.60. The molecule has 96 valence electrons. The van der Waals surface area contributed by atoms with Crippen molar-refractivity contribution in [1.29, 1.82) is 0 Å². The minimum atomic E-state index is 0. The van der Waals surface area contributed by atoms with Crippen molar-refractivity contribution in [3.63, 3.8) is 0 Å². The van der Waals surface area contributed by atoms with Gasteiger partial charge < -0.3 is 29.7 Å². The van der Waals surface area contributed by atoms with Crippen LogP contribution in [0.4, 0.5) is 0 Å². The van der Waals surface area contributed by atoms with Gasteiger partial charge in [0.05, 0.1) is 0 Å². The SMILES string of the molecule is CCCCCCN(CCCCCC)C(=S)[S-].[Li+].